The molecule has 1 amide bonds. The maximum absolute atomic E-state index is 12.0. The van der Waals surface area contributed by atoms with E-state index in [1.165, 1.54) is 6.26 Å². The van der Waals surface area contributed by atoms with Crippen molar-refractivity contribution in [3.8, 4) is 5.75 Å². The van der Waals surface area contributed by atoms with E-state index in [1.807, 2.05) is 0 Å². The molecular formula is C14H10N2O4. The lowest BCUT2D eigenvalue weighted by Gasteiger charge is -2.10. The Balaban J connectivity index is 1.97. The van der Waals surface area contributed by atoms with Crippen molar-refractivity contribution in [2.24, 2.45) is 5.10 Å². The fourth-order valence-corrected chi connectivity index (χ4v) is 1.86. The lowest BCUT2D eigenvalue weighted by Crippen LogP contribution is -2.27. The Morgan fingerprint density at radius 1 is 1.15 bits per heavy atom. The third kappa shape index (κ3) is 1.87. The number of benzene rings is 1. The summed E-state index contributed by atoms with van der Waals surface area (Å²) in [5, 5.41) is 5.09. The summed E-state index contributed by atoms with van der Waals surface area (Å²) in [6.07, 6.45) is 1.42. The van der Waals surface area contributed by atoms with E-state index in [9.17, 15) is 9.59 Å². The molecule has 0 bridgehead atoms. The minimum Gasteiger partial charge on any atom is -0.497 e. The van der Waals surface area contributed by atoms with Gasteiger partial charge in [0.25, 0.3) is 5.78 Å². The zero-order chi connectivity index (χ0) is 14.1. The van der Waals surface area contributed by atoms with Crippen LogP contribution in [0, 0.1) is 0 Å². The van der Waals surface area contributed by atoms with E-state index in [0.29, 0.717) is 11.4 Å². The van der Waals surface area contributed by atoms with Crippen LogP contribution < -0.4 is 9.75 Å². The number of ether oxygens (including phenoxy) is 1. The van der Waals surface area contributed by atoms with Crippen LogP contribution in [0.3, 0.4) is 0 Å². The number of carbonyl (C=O) groups excluding carboxylic acids is 2. The molecule has 6 nitrogen and oxygen atoms in total. The van der Waals surface area contributed by atoms with Crippen molar-refractivity contribution in [1.29, 1.82) is 0 Å². The lowest BCUT2D eigenvalue weighted by molar-refractivity contribution is -0.131. The molecule has 0 saturated carbocycles. The van der Waals surface area contributed by atoms with Crippen molar-refractivity contribution in [3.63, 3.8) is 0 Å². The maximum Gasteiger partial charge on any atom is 0.321 e. The predicted molar refractivity (Wildman–Crippen MR) is 70.7 cm³/mol. The molecule has 6 heteroatoms. The van der Waals surface area contributed by atoms with E-state index in [0.717, 1.165) is 5.01 Å². The van der Waals surface area contributed by atoms with Gasteiger partial charge >= 0.3 is 5.91 Å². The van der Waals surface area contributed by atoms with Crippen LogP contribution in [0.4, 0.5) is 5.69 Å². The summed E-state index contributed by atoms with van der Waals surface area (Å²) >= 11 is 0. The molecule has 0 N–H and O–H groups in total. The monoisotopic (exact) mass is 270 g/mol. The third-order valence-electron chi connectivity index (χ3n) is 2.87. The van der Waals surface area contributed by atoms with Crippen LogP contribution in [-0.4, -0.2) is 24.5 Å². The zero-order valence-corrected chi connectivity index (χ0v) is 10.6. The minimum absolute atomic E-state index is 0.0100. The lowest BCUT2D eigenvalue weighted by atomic mass is 10.2. The number of carbonyl (C=O) groups is 2. The topological polar surface area (TPSA) is 72.1 Å². The van der Waals surface area contributed by atoms with Gasteiger partial charge in [-0.15, -0.1) is 0 Å². The molecule has 0 spiro atoms. The van der Waals surface area contributed by atoms with Gasteiger partial charge < -0.3 is 9.15 Å². The molecule has 0 atom stereocenters. The number of Topliss-reactive ketones (excluding diaryl/α,β-unsaturated/α-hetero) is 1. The quantitative estimate of drug-likeness (QED) is 0.794. The number of hydrogen-bond donors (Lipinski definition) is 0. The molecule has 0 aliphatic carbocycles. The summed E-state index contributed by atoms with van der Waals surface area (Å²) in [6.45, 7) is 0. The van der Waals surface area contributed by atoms with Gasteiger partial charge in [-0.3, -0.25) is 9.59 Å². The number of ketones is 1. The highest BCUT2D eigenvalue weighted by Gasteiger charge is 2.37. The van der Waals surface area contributed by atoms with Gasteiger partial charge in [0.05, 0.1) is 19.1 Å². The molecule has 1 aromatic carbocycles. The van der Waals surface area contributed by atoms with Gasteiger partial charge in [0, 0.05) is 0 Å². The Labute approximate surface area is 114 Å². The van der Waals surface area contributed by atoms with Crippen LogP contribution in [0.15, 0.2) is 52.2 Å². The van der Waals surface area contributed by atoms with Crippen LogP contribution in [0.5, 0.6) is 5.75 Å². The van der Waals surface area contributed by atoms with E-state index in [1.54, 1.807) is 43.5 Å². The molecule has 1 aromatic heterocycles. The van der Waals surface area contributed by atoms with Crippen molar-refractivity contribution in [2.45, 2.75) is 0 Å². The number of anilines is 1. The first-order valence-electron chi connectivity index (χ1n) is 5.86. The summed E-state index contributed by atoms with van der Waals surface area (Å²) in [6, 6.07) is 9.89. The molecular weight excluding hydrogens is 260 g/mol. The molecule has 0 fully saturated rings. The Bertz CT molecular complexity index is 686. The first-order valence-corrected chi connectivity index (χ1v) is 5.86. The first kappa shape index (κ1) is 12.2. The number of hydrazone groups is 1. The van der Waals surface area contributed by atoms with E-state index in [4.69, 9.17) is 9.15 Å². The highest BCUT2D eigenvalue weighted by molar-refractivity contribution is 6.72. The maximum atomic E-state index is 12.0. The normalized spacial score (nSPS) is 14.7. The average Bonchev–Trinajstić information content (AvgIpc) is 3.10. The first-order chi connectivity index (χ1) is 9.70. The van der Waals surface area contributed by atoms with Gasteiger partial charge in [0.15, 0.2) is 11.5 Å². The van der Waals surface area contributed by atoms with Gasteiger partial charge in [-0.25, -0.2) is 0 Å². The van der Waals surface area contributed by atoms with Crippen LogP contribution >= 0.6 is 0 Å². The van der Waals surface area contributed by atoms with Gasteiger partial charge in [0.1, 0.15) is 5.75 Å². The predicted octanol–water partition coefficient (Wildman–Crippen LogP) is 1.61. The number of hydrogen-bond acceptors (Lipinski definition) is 5. The largest absolute Gasteiger partial charge is 0.497 e. The van der Waals surface area contributed by atoms with Gasteiger partial charge in [-0.05, 0) is 36.4 Å². The number of methoxy groups -OCH3 is 1. The number of rotatable bonds is 3. The van der Waals surface area contributed by atoms with E-state index in [-0.39, 0.29) is 11.5 Å². The second kappa shape index (κ2) is 4.65. The Morgan fingerprint density at radius 2 is 1.90 bits per heavy atom. The fourth-order valence-electron chi connectivity index (χ4n) is 1.86. The van der Waals surface area contributed by atoms with Gasteiger partial charge in [0.2, 0.25) is 0 Å². The fraction of sp³-hybridized carbons (Fsp3) is 0.0714. The van der Waals surface area contributed by atoms with Gasteiger partial charge in [-0.2, -0.15) is 10.1 Å². The highest BCUT2D eigenvalue weighted by atomic mass is 16.5. The summed E-state index contributed by atoms with van der Waals surface area (Å²) in [7, 11) is 1.55. The second-order valence-corrected chi connectivity index (χ2v) is 4.07. The van der Waals surface area contributed by atoms with Crippen molar-refractivity contribution >= 4 is 23.1 Å². The molecule has 0 saturated heterocycles. The average molecular weight is 270 g/mol. The molecule has 0 unspecified atom stereocenters. The SMILES string of the molecule is COc1ccc(N2N=C(c3ccco3)C(=O)C2=O)cc1. The second-order valence-electron chi connectivity index (χ2n) is 4.07. The Kier molecular flexibility index (Phi) is 2.83. The van der Waals surface area contributed by atoms with E-state index in [2.05, 4.69) is 5.10 Å². The molecule has 20 heavy (non-hydrogen) atoms. The van der Waals surface area contributed by atoms with Gasteiger partial charge in [-0.1, -0.05) is 0 Å². The summed E-state index contributed by atoms with van der Waals surface area (Å²) in [5.41, 5.74) is 0.501. The summed E-state index contributed by atoms with van der Waals surface area (Å²) in [5.74, 6) is -0.460. The third-order valence-corrected chi connectivity index (χ3v) is 2.87. The Morgan fingerprint density at radius 3 is 2.50 bits per heavy atom. The molecule has 2 heterocycles. The summed E-state index contributed by atoms with van der Waals surface area (Å²) in [4.78, 5) is 23.9. The highest BCUT2D eigenvalue weighted by Crippen LogP contribution is 2.23. The van der Waals surface area contributed by atoms with Crippen molar-refractivity contribution in [3.05, 3.63) is 48.4 Å². The van der Waals surface area contributed by atoms with E-state index >= 15 is 0 Å². The number of amides is 1. The molecule has 100 valence electrons. The molecule has 1 aliphatic heterocycles. The number of furan rings is 1. The van der Waals surface area contributed by atoms with Crippen LogP contribution in [0.2, 0.25) is 0 Å². The Hall–Kier alpha value is -2.89. The van der Waals surface area contributed by atoms with Crippen molar-refractivity contribution < 1.29 is 18.7 Å². The van der Waals surface area contributed by atoms with Crippen molar-refractivity contribution in [2.75, 3.05) is 12.1 Å². The van der Waals surface area contributed by atoms with E-state index < -0.39 is 11.7 Å². The molecule has 2 aromatic rings. The van der Waals surface area contributed by atoms with Crippen LogP contribution in [-0.2, 0) is 9.59 Å². The molecule has 3 rings (SSSR count). The van der Waals surface area contributed by atoms with Crippen LogP contribution in [0.25, 0.3) is 0 Å². The number of nitrogens with zero attached hydrogens (tertiary/aromatic N) is 2. The van der Waals surface area contributed by atoms with Crippen LogP contribution in [0.1, 0.15) is 5.76 Å². The standard InChI is InChI=1S/C14H10N2O4/c1-19-10-6-4-9(5-7-10)16-14(18)13(17)12(15-16)11-3-2-8-20-11/h2-8H,1H3. The molecule has 1 aliphatic rings. The smallest absolute Gasteiger partial charge is 0.321 e. The zero-order valence-electron chi connectivity index (χ0n) is 10.6. The molecule has 0 radical (unpaired) electrons. The summed E-state index contributed by atoms with van der Waals surface area (Å²) < 4.78 is 10.1. The minimum atomic E-state index is -0.707. The van der Waals surface area contributed by atoms with Crippen molar-refractivity contribution in [1.82, 2.24) is 0 Å².